The van der Waals surface area contributed by atoms with Crippen LogP contribution in [0.25, 0.3) is 22.5 Å². The molecule has 22 heavy (non-hydrogen) atoms. The Morgan fingerprint density at radius 2 is 2.14 bits per heavy atom. The van der Waals surface area contributed by atoms with E-state index in [-0.39, 0.29) is 0 Å². The summed E-state index contributed by atoms with van der Waals surface area (Å²) in [6.07, 6.45) is 12.5. The molecule has 3 heterocycles. The first-order chi connectivity index (χ1) is 10.8. The highest BCUT2D eigenvalue weighted by molar-refractivity contribution is 5.71. The van der Waals surface area contributed by atoms with Gasteiger partial charge in [-0.3, -0.25) is 4.98 Å². The molecule has 3 aromatic rings. The first-order valence-corrected chi connectivity index (χ1v) is 7.05. The first kappa shape index (κ1) is 12.8. The molecule has 0 aromatic carbocycles. The number of hydrogen-bond acceptors (Lipinski definition) is 4. The smallest absolute Gasteiger partial charge is 0.154 e. The number of methoxy groups -OCH3 is 1. The van der Waals surface area contributed by atoms with Crippen LogP contribution in [0.3, 0.4) is 0 Å². The van der Waals surface area contributed by atoms with Gasteiger partial charge in [0.25, 0.3) is 0 Å². The minimum absolute atomic E-state index is 0.716. The normalized spacial score (nSPS) is 13.6. The van der Waals surface area contributed by atoms with E-state index in [0.29, 0.717) is 5.75 Å². The highest BCUT2D eigenvalue weighted by Crippen LogP contribution is 2.25. The Balaban J connectivity index is 1.84. The van der Waals surface area contributed by atoms with Crippen molar-refractivity contribution >= 4 is 11.2 Å². The number of aromatic nitrogens is 4. The molecule has 0 fully saturated rings. The molecule has 1 aliphatic rings. The van der Waals surface area contributed by atoms with E-state index >= 15 is 0 Å². The Hall–Kier alpha value is -2.95. The molecule has 108 valence electrons. The van der Waals surface area contributed by atoms with Gasteiger partial charge in [0.2, 0.25) is 0 Å². The molecule has 0 aliphatic heterocycles. The number of ether oxygens (including phenoxy) is 1. The summed E-state index contributed by atoms with van der Waals surface area (Å²) in [5.41, 5.74) is 4.84. The summed E-state index contributed by atoms with van der Waals surface area (Å²) in [5, 5.41) is 4.72. The van der Waals surface area contributed by atoms with E-state index in [0.717, 1.165) is 29.0 Å². The van der Waals surface area contributed by atoms with E-state index in [1.54, 1.807) is 19.5 Å². The Bertz CT molecular complexity index is 908. The number of rotatable bonds is 3. The Labute approximate surface area is 127 Å². The van der Waals surface area contributed by atoms with Crippen LogP contribution in [0.4, 0.5) is 0 Å². The van der Waals surface area contributed by atoms with Crippen molar-refractivity contribution in [1.29, 1.82) is 0 Å². The summed E-state index contributed by atoms with van der Waals surface area (Å²) in [4.78, 5) is 8.61. The number of hydrogen-bond donors (Lipinski definition) is 0. The molecule has 0 radical (unpaired) electrons. The van der Waals surface area contributed by atoms with Gasteiger partial charge in [-0.1, -0.05) is 18.2 Å². The fourth-order valence-electron chi connectivity index (χ4n) is 2.55. The number of nitrogens with zero attached hydrogens (tertiary/aromatic N) is 4. The third kappa shape index (κ3) is 2.07. The second kappa shape index (κ2) is 5.11. The van der Waals surface area contributed by atoms with Crippen molar-refractivity contribution in [3.63, 3.8) is 0 Å². The molecule has 5 heteroatoms. The van der Waals surface area contributed by atoms with E-state index in [1.165, 1.54) is 5.57 Å². The summed E-state index contributed by atoms with van der Waals surface area (Å²) in [7, 11) is 1.63. The lowest BCUT2D eigenvalue weighted by molar-refractivity contribution is 0.413. The lowest BCUT2D eigenvalue weighted by atomic mass is 10.2. The maximum Gasteiger partial charge on any atom is 0.154 e. The molecular formula is C17H14N4O. The van der Waals surface area contributed by atoms with Gasteiger partial charge in [-0.2, -0.15) is 5.10 Å². The van der Waals surface area contributed by atoms with Crippen LogP contribution in [-0.4, -0.2) is 26.7 Å². The van der Waals surface area contributed by atoms with E-state index < -0.39 is 0 Å². The Morgan fingerprint density at radius 1 is 1.18 bits per heavy atom. The van der Waals surface area contributed by atoms with Gasteiger partial charge in [-0.05, 0) is 30.2 Å². The molecule has 0 atom stereocenters. The van der Waals surface area contributed by atoms with Crippen LogP contribution >= 0.6 is 0 Å². The molecule has 5 nitrogen and oxygen atoms in total. The molecule has 0 amide bonds. The van der Waals surface area contributed by atoms with Crippen molar-refractivity contribution in [1.82, 2.24) is 19.6 Å². The van der Waals surface area contributed by atoms with Crippen molar-refractivity contribution < 1.29 is 4.74 Å². The second-order valence-corrected chi connectivity index (χ2v) is 5.07. The second-order valence-electron chi connectivity index (χ2n) is 5.07. The fourth-order valence-corrected chi connectivity index (χ4v) is 2.55. The quantitative estimate of drug-likeness (QED) is 0.743. The van der Waals surface area contributed by atoms with Crippen LogP contribution in [-0.2, 0) is 0 Å². The van der Waals surface area contributed by atoms with E-state index in [9.17, 15) is 0 Å². The zero-order chi connectivity index (χ0) is 14.9. The van der Waals surface area contributed by atoms with Gasteiger partial charge in [0.1, 0.15) is 5.75 Å². The monoisotopic (exact) mass is 290 g/mol. The SMILES string of the molecule is COc1cncc(-c2ccc3ncc(C4=CC=CC4)n3n2)c1. The van der Waals surface area contributed by atoms with Gasteiger partial charge in [-0.15, -0.1) is 0 Å². The first-order valence-electron chi connectivity index (χ1n) is 7.05. The minimum atomic E-state index is 0.716. The van der Waals surface area contributed by atoms with Crippen molar-refractivity contribution in [2.75, 3.05) is 7.11 Å². The van der Waals surface area contributed by atoms with Gasteiger partial charge in [0.05, 0.1) is 30.9 Å². The Morgan fingerprint density at radius 3 is 2.95 bits per heavy atom. The molecule has 1 aliphatic carbocycles. The molecule has 0 saturated heterocycles. The van der Waals surface area contributed by atoms with Gasteiger partial charge in [0, 0.05) is 11.8 Å². The van der Waals surface area contributed by atoms with Gasteiger partial charge in [0.15, 0.2) is 5.65 Å². The summed E-state index contributed by atoms with van der Waals surface area (Å²) in [6.45, 7) is 0. The van der Waals surface area contributed by atoms with Crippen molar-refractivity contribution in [3.05, 3.63) is 60.7 Å². The van der Waals surface area contributed by atoms with Crippen LogP contribution in [0, 0.1) is 0 Å². The van der Waals surface area contributed by atoms with Gasteiger partial charge < -0.3 is 4.74 Å². The molecule has 4 rings (SSSR count). The van der Waals surface area contributed by atoms with Crippen molar-refractivity contribution in [2.24, 2.45) is 0 Å². The maximum atomic E-state index is 5.23. The van der Waals surface area contributed by atoms with Crippen LogP contribution in [0.2, 0.25) is 0 Å². The fraction of sp³-hybridized carbons (Fsp3) is 0.118. The van der Waals surface area contributed by atoms with Crippen LogP contribution in [0.5, 0.6) is 5.75 Å². The Kier molecular flexibility index (Phi) is 2.96. The van der Waals surface area contributed by atoms with E-state index in [1.807, 2.05) is 28.9 Å². The molecule has 0 saturated carbocycles. The summed E-state index contributed by atoms with van der Waals surface area (Å²) in [6, 6.07) is 5.84. The number of fused-ring (bicyclic) bond motifs is 1. The summed E-state index contributed by atoms with van der Waals surface area (Å²) < 4.78 is 7.11. The maximum absolute atomic E-state index is 5.23. The van der Waals surface area contributed by atoms with E-state index in [2.05, 4.69) is 28.2 Å². The molecule has 0 unspecified atom stereocenters. The van der Waals surface area contributed by atoms with E-state index in [4.69, 9.17) is 9.84 Å². The van der Waals surface area contributed by atoms with Crippen molar-refractivity contribution in [2.45, 2.75) is 6.42 Å². The third-order valence-corrected chi connectivity index (χ3v) is 3.71. The molecule has 0 bridgehead atoms. The van der Waals surface area contributed by atoms with Crippen molar-refractivity contribution in [3.8, 4) is 17.0 Å². The highest BCUT2D eigenvalue weighted by atomic mass is 16.5. The zero-order valence-electron chi connectivity index (χ0n) is 12.1. The molecular weight excluding hydrogens is 276 g/mol. The predicted molar refractivity (Wildman–Crippen MR) is 84.5 cm³/mol. The average molecular weight is 290 g/mol. The zero-order valence-corrected chi connectivity index (χ0v) is 12.1. The number of pyridine rings is 1. The lowest BCUT2D eigenvalue weighted by Crippen LogP contribution is -1.99. The van der Waals surface area contributed by atoms with Gasteiger partial charge in [-0.25, -0.2) is 9.50 Å². The molecule has 0 spiro atoms. The topological polar surface area (TPSA) is 52.3 Å². The lowest BCUT2D eigenvalue weighted by Gasteiger charge is -2.06. The van der Waals surface area contributed by atoms with Crippen LogP contribution in [0.1, 0.15) is 12.1 Å². The molecule has 0 N–H and O–H groups in total. The summed E-state index contributed by atoms with van der Waals surface area (Å²) in [5.74, 6) is 0.716. The third-order valence-electron chi connectivity index (χ3n) is 3.71. The van der Waals surface area contributed by atoms with Gasteiger partial charge >= 0.3 is 0 Å². The standard InChI is InChI=1S/C17H14N4O/c1-22-14-8-13(9-18-10-14)15-6-7-17-19-11-16(21(17)20-15)12-4-2-3-5-12/h2-4,6-11H,5H2,1H3. The highest BCUT2D eigenvalue weighted by Gasteiger charge is 2.12. The average Bonchev–Trinajstić information content (AvgIpc) is 3.23. The number of allylic oxidation sites excluding steroid dienone is 4. The largest absolute Gasteiger partial charge is 0.495 e. The summed E-state index contributed by atoms with van der Waals surface area (Å²) >= 11 is 0. The number of imidazole rings is 1. The predicted octanol–water partition coefficient (Wildman–Crippen LogP) is 3.14. The minimum Gasteiger partial charge on any atom is -0.495 e. The van der Waals surface area contributed by atoms with Crippen LogP contribution < -0.4 is 4.74 Å². The molecule has 3 aromatic heterocycles. The van der Waals surface area contributed by atoms with Crippen LogP contribution in [0.15, 0.2) is 55.0 Å².